The summed E-state index contributed by atoms with van der Waals surface area (Å²) in [6, 6.07) is 0.621. The number of Topliss-reactive ketones (excluding diaryl/α,β-unsaturated/α-hetero) is 1. The SMILES string of the molecule is COC1CC(CC(=O)C2CCN(C(C)C)CC2)C1. The first kappa shape index (κ1) is 14.0. The molecule has 0 N–H and O–H groups in total. The molecule has 3 nitrogen and oxygen atoms in total. The monoisotopic (exact) mass is 253 g/mol. The highest BCUT2D eigenvalue weighted by Gasteiger charge is 2.33. The Bertz CT molecular complexity index is 276. The molecular formula is C15H27NO2. The first-order valence-electron chi connectivity index (χ1n) is 7.39. The average Bonchev–Trinajstić information content (AvgIpc) is 2.33. The summed E-state index contributed by atoms with van der Waals surface area (Å²) in [6.45, 7) is 6.67. The van der Waals surface area contributed by atoms with Gasteiger partial charge in [-0.25, -0.2) is 0 Å². The third-order valence-corrected chi connectivity index (χ3v) is 4.73. The van der Waals surface area contributed by atoms with Crippen LogP contribution in [0.3, 0.4) is 0 Å². The molecule has 0 bridgehead atoms. The Morgan fingerprint density at radius 1 is 1.28 bits per heavy atom. The molecule has 2 aliphatic rings. The lowest BCUT2D eigenvalue weighted by Gasteiger charge is -2.37. The molecule has 3 heteroatoms. The molecule has 18 heavy (non-hydrogen) atoms. The molecule has 0 spiro atoms. The Morgan fingerprint density at radius 3 is 2.39 bits per heavy atom. The Hall–Kier alpha value is -0.410. The fourth-order valence-electron chi connectivity index (χ4n) is 3.22. The van der Waals surface area contributed by atoms with Crippen molar-refractivity contribution in [3.63, 3.8) is 0 Å². The molecule has 2 rings (SSSR count). The van der Waals surface area contributed by atoms with Gasteiger partial charge in [0.25, 0.3) is 0 Å². The van der Waals surface area contributed by atoms with Crippen molar-refractivity contribution in [2.24, 2.45) is 11.8 Å². The lowest BCUT2D eigenvalue weighted by Crippen LogP contribution is -2.41. The fourth-order valence-corrected chi connectivity index (χ4v) is 3.22. The number of methoxy groups -OCH3 is 1. The third-order valence-electron chi connectivity index (χ3n) is 4.73. The molecular weight excluding hydrogens is 226 g/mol. The van der Waals surface area contributed by atoms with Gasteiger partial charge in [0, 0.05) is 25.5 Å². The van der Waals surface area contributed by atoms with Crippen molar-refractivity contribution >= 4 is 5.78 Å². The zero-order valence-corrected chi connectivity index (χ0v) is 12.0. The zero-order valence-electron chi connectivity index (χ0n) is 12.0. The minimum absolute atomic E-state index is 0.335. The number of rotatable bonds is 5. The van der Waals surface area contributed by atoms with Crippen LogP contribution < -0.4 is 0 Å². The summed E-state index contributed by atoms with van der Waals surface area (Å²) in [5.41, 5.74) is 0. The van der Waals surface area contributed by atoms with Gasteiger partial charge >= 0.3 is 0 Å². The normalized spacial score (nSPS) is 30.4. The molecule has 1 heterocycles. The van der Waals surface area contributed by atoms with Gasteiger partial charge in [0.2, 0.25) is 0 Å². The van der Waals surface area contributed by atoms with Gasteiger partial charge in [-0.15, -0.1) is 0 Å². The van der Waals surface area contributed by atoms with Crippen molar-refractivity contribution < 1.29 is 9.53 Å². The number of carbonyl (C=O) groups excluding carboxylic acids is 1. The van der Waals surface area contributed by atoms with Crippen LogP contribution in [0.25, 0.3) is 0 Å². The van der Waals surface area contributed by atoms with E-state index in [1.54, 1.807) is 7.11 Å². The highest BCUT2D eigenvalue weighted by atomic mass is 16.5. The Balaban J connectivity index is 1.68. The molecule has 0 unspecified atom stereocenters. The molecule has 104 valence electrons. The van der Waals surface area contributed by atoms with Crippen LogP contribution in [0.4, 0.5) is 0 Å². The maximum atomic E-state index is 12.2. The van der Waals surface area contributed by atoms with Gasteiger partial charge in [-0.05, 0) is 58.5 Å². The van der Waals surface area contributed by atoms with E-state index in [0.717, 1.165) is 45.2 Å². The second kappa shape index (κ2) is 6.16. The predicted molar refractivity (Wildman–Crippen MR) is 72.6 cm³/mol. The van der Waals surface area contributed by atoms with Crippen LogP contribution in [0, 0.1) is 11.8 Å². The van der Waals surface area contributed by atoms with Gasteiger partial charge in [-0.1, -0.05) is 0 Å². The second-order valence-corrected chi connectivity index (χ2v) is 6.27. The Morgan fingerprint density at radius 2 is 1.89 bits per heavy atom. The maximum Gasteiger partial charge on any atom is 0.136 e. The molecule has 1 aliphatic carbocycles. The first-order chi connectivity index (χ1) is 8.60. The van der Waals surface area contributed by atoms with Crippen molar-refractivity contribution in [3.8, 4) is 0 Å². The molecule has 0 amide bonds. The highest BCUT2D eigenvalue weighted by molar-refractivity contribution is 5.81. The summed E-state index contributed by atoms with van der Waals surface area (Å²) in [5.74, 6) is 1.45. The number of nitrogens with zero attached hydrogens (tertiary/aromatic N) is 1. The number of likely N-dealkylation sites (tertiary alicyclic amines) is 1. The van der Waals surface area contributed by atoms with Crippen LogP contribution in [-0.2, 0) is 9.53 Å². The second-order valence-electron chi connectivity index (χ2n) is 6.27. The van der Waals surface area contributed by atoms with Crippen molar-refractivity contribution in [2.75, 3.05) is 20.2 Å². The van der Waals surface area contributed by atoms with Gasteiger partial charge in [0.1, 0.15) is 5.78 Å². The van der Waals surface area contributed by atoms with Crippen LogP contribution >= 0.6 is 0 Å². The summed E-state index contributed by atoms with van der Waals surface area (Å²) in [6.07, 6.45) is 5.53. The maximum absolute atomic E-state index is 12.2. The van der Waals surface area contributed by atoms with E-state index in [9.17, 15) is 4.79 Å². The van der Waals surface area contributed by atoms with E-state index in [2.05, 4.69) is 18.7 Å². The van der Waals surface area contributed by atoms with Crippen LogP contribution in [-0.4, -0.2) is 43.0 Å². The third kappa shape index (κ3) is 3.33. The minimum Gasteiger partial charge on any atom is -0.381 e. The number of ether oxygens (including phenoxy) is 1. The largest absolute Gasteiger partial charge is 0.381 e. The summed E-state index contributed by atoms with van der Waals surface area (Å²) in [7, 11) is 1.77. The zero-order chi connectivity index (χ0) is 13.1. The molecule has 1 saturated heterocycles. The lowest BCUT2D eigenvalue weighted by atomic mass is 9.76. The number of carbonyl (C=O) groups is 1. The standard InChI is InChI=1S/C15H27NO2/c1-11(2)16-6-4-13(5-7-16)15(17)10-12-8-14(9-12)18-3/h11-14H,4-10H2,1-3H3. The number of piperidine rings is 1. The summed E-state index contributed by atoms with van der Waals surface area (Å²) in [5, 5.41) is 0. The summed E-state index contributed by atoms with van der Waals surface area (Å²) >= 11 is 0. The molecule has 0 aromatic carbocycles. The van der Waals surface area contributed by atoms with Crippen molar-refractivity contribution in [1.82, 2.24) is 4.90 Å². The smallest absolute Gasteiger partial charge is 0.136 e. The average molecular weight is 253 g/mol. The van der Waals surface area contributed by atoms with E-state index >= 15 is 0 Å². The molecule has 1 saturated carbocycles. The van der Waals surface area contributed by atoms with Gasteiger partial charge in [-0.3, -0.25) is 4.79 Å². The number of ketones is 1. The Labute approximate surface area is 111 Å². The summed E-state index contributed by atoms with van der Waals surface area (Å²) < 4.78 is 5.27. The molecule has 0 atom stereocenters. The van der Waals surface area contributed by atoms with Crippen LogP contribution in [0.1, 0.15) is 46.0 Å². The van der Waals surface area contributed by atoms with Crippen LogP contribution in [0.15, 0.2) is 0 Å². The highest BCUT2D eigenvalue weighted by Crippen LogP contribution is 2.34. The van der Waals surface area contributed by atoms with E-state index in [1.165, 1.54) is 0 Å². The van der Waals surface area contributed by atoms with Crippen LogP contribution in [0.5, 0.6) is 0 Å². The molecule has 0 radical (unpaired) electrons. The van der Waals surface area contributed by atoms with Gasteiger partial charge in [0.15, 0.2) is 0 Å². The summed E-state index contributed by atoms with van der Waals surface area (Å²) in [4.78, 5) is 14.7. The fraction of sp³-hybridized carbons (Fsp3) is 0.933. The van der Waals surface area contributed by atoms with Gasteiger partial charge in [0.05, 0.1) is 6.10 Å². The van der Waals surface area contributed by atoms with E-state index < -0.39 is 0 Å². The van der Waals surface area contributed by atoms with Crippen molar-refractivity contribution in [3.05, 3.63) is 0 Å². The Kier molecular flexibility index (Phi) is 4.79. The van der Waals surface area contributed by atoms with Gasteiger partial charge < -0.3 is 9.64 Å². The molecule has 0 aromatic rings. The quantitative estimate of drug-likeness (QED) is 0.754. The lowest BCUT2D eigenvalue weighted by molar-refractivity contribution is -0.127. The van der Waals surface area contributed by atoms with Crippen molar-refractivity contribution in [2.45, 2.75) is 58.1 Å². The predicted octanol–water partition coefficient (Wildman–Crippen LogP) is 2.49. The molecule has 0 aromatic heterocycles. The topological polar surface area (TPSA) is 29.5 Å². The first-order valence-corrected chi connectivity index (χ1v) is 7.39. The van der Waals surface area contributed by atoms with Crippen molar-refractivity contribution in [1.29, 1.82) is 0 Å². The van der Waals surface area contributed by atoms with Gasteiger partial charge in [-0.2, -0.15) is 0 Å². The van der Waals surface area contributed by atoms with E-state index in [1.807, 2.05) is 0 Å². The van der Waals surface area contributed by atoms with E-state index in [-0.39, 0.29) is 0 Å². The molecule has 2 fully saturated rings. The van der Waals surface area contributed by atoms with Crippen LogP contribution in [0.2, 0.25) is 0 Å². The van der Waals surface area contributed by atoms with E-state index in [0.29, 0.717) is 29.8 Å². The minimum atomic E-state index is 0.335. The van der Waals surface area contributed by atoms with E-state index in [4.69, 9.17) is 4.74 Å². The number of hydrogen-bond donors (Lipinski definition) is 0. The number of hydrogen-bond acceptors (Lipinski definition) is 3. The molecule has 1 aliphatic heterocycles.